The molecule has 0 radical (unpaired) electrons. The Balaban J connectivity index is 1.83. The zero-order chi connectivity index (χ0) is 12.1. The van der Waals surface area contributed by atoms with E-state index in [4.69, 9.17) is 0 Å². The first-order chi connectivity index (χ1) is 8.24. The van der Waals surface area contributed by atoms with E-state index in [1.807, 2.05) is 5.38 Å². The number of amides is 1. The van der Waals surface area contributed by atoms with Gasteiger partial charge in [-0.25, -0.2) is 9.37 Å². The lowest BCUT2D eigenvalue weighted by atomic mass is 10.3. The van der Waals surface area contributed by atoms with Crippen LogP contribution in [-0.2, 0) is 4.79 Å². The van der Waals surface area contributed by atoms with Crippen LogP contribution < -0.4 is 10.6 Å². The summed E-state index contributed by atoms with van der Waals surface area (Å²) in [6.45, 7) is 0.130. The van der Waals surface area contributed by atoms with Crippen LogP contribution in [-0.4, -0.2) is 17.4 Å². The molecule has 4 nitrogen and oxygen atoms in total. The number of carbonyl (C=O) groups is 1. The molecule has 2 rings (SSSR count). The summed E-state index contributed by atoms with van der Waals surface area (Å²) in [5.74, 6) is -0.532. The Morgan fingerprint density at radius 2 is 2.12 bits per heavy atom. The maximum Gasteiger partial charge on any atom is 0.243 e. The van der Waals surface area contributed by atoms with E-state index in [9.17, 15) is 9.18 Å². The number of nitrogens with zero attached hydrogens (tertiary/aromatic N) is 1. The average molecular weight is 251 g/mol. The Morgan fingerprint density at radius 1 is 1.35 bits per heavy atom. The quantitative estimate of drug-likeness (QED) is 0.877. The van der Waals surface area contributed by atoms with Crippen LogP contribution in [0.25, 0.3) is 0 Å². The highest BCUT2D eigenvalue weighted by molar-refractivity contribution is 7.13. The molecule has 0 aliphatic rings. The highest BCUT2D eigenvalue weighted by Crippen LogP contribution is 2.10. The Labute approximate surface area is 102 Å². The second-order valence-corrected chi connectivity index (χ2v) is 4.14. The molecule has 88 valence electrons. The predicted octanol–water partition coefficient (Wildman–Crippen LogP) is 2.33. The SMILES string of the molecule is O=C(CNc1nccs1)Nc1ccc(F)cc1. The number of thiazole rings is 1. The second-order valence-electron chi connectivity index (χ2n) is 3.25. The van der Waals surface area contributed by atoms with Gasteiger partial charge in [0.05, 0.1) is 6.54 Å². The lowest BCUT2D eigenvalue weighted by Crippen LogP contribution is -2.21. The van der Waals surface area contributed by atoms with E-state index >= 15 is 0 Å². The number of anilines is 2. The van der Waals surface area contributed by atoms with E-state index in [2.05, 4.69) is 15.6 Å². The van der Waals surface area contributed by atoms with E-state index in [0.29, 0.717) is 10.8 Å². The van der Waals surface area contributed by atoms with Gasteiger partial charge in [0.2, 0.25) is 5.91 Å². The number of halogens is 1. The van der Waals surface area contributed by atoms with Crippen molar-refractivity contribution in [3.05, 3.63) is 41.7 Å². The Kier molecular flexibility index (Phi) is 3.66. The van der Waals surface area contributed by atoms with Crippen molar-refractivity contribution in [3.63, 3.8) is 0 Å². The number of hydrogen-bond acceptors (Lipinski definition) is 4. The number of nitrogens with one attached hydrogen (secondary N) is 2. The van der Waals surface area contributed by atoms with Crippen molar-refractivity contribution in [2.24, 2.45) is 0 Å². The molecule has 17 heavy (non-hydrogen) atoms. The highest BCUT2D eigenvalue weighted by atomic mass is 32.1. The molecule has 0 saturated heterocycles. The molecule has 0 atom stereocenters. The number of hydrogen-bond donors (Lipinski definition) is 2. The number of rotatable bonds is 4. The third-order valence-electron chi connectivity index (χ3n) is 1.96. The van der Waals surface area contributed by atoms with Gasteiger partial charge >= 0.3 is 0 Å². The van der Waals surface area contributed by atoms with E-state index in [-0.39, 0.29) is 18.3 Å². The van der Waals surface area contributed by atoms with Crippen LogP contribution in [0.1, 0.15) is 0 Å². The molecular formula is C11H10FN3OS. The Hall–Kier alpha value is -1.95. The van der Waals surface area contributed by atoms with Gasteiger partial charge in [-0.2, -0.15) is 0 Å². The maximum absolute atomic E-state index is 12.6. The molecule has 2 N–H and O–H groups in total. The van der Waals surface area contributed by atoms with Gasteiger partial charge in [0.25, 0.3) is 0 Å². The highest BCUT2D eigenvalue weighted by Gasteiger charge is 2.03. The average Bonchev–Trinajstić information content (AvgIpc) is 2.83. The van der Waals surface area contributed by atoms with Crippen molar-refractivity contribution >= 4 is 28.1 Å². The second kappa shape index (κ2) is 5.40. The first-order valence-corrected chi connectivity index (χ1v) is 5.81. The van der Waals surface area contributed by atoms with Crippen LogP contribution >= 0.6 is 11.3 Å². The minimum atomic E-state index is -0.330. The normalized spacial score (nSPS) is 9.94. The van der Waals surface area contributed by atoms with Crippen molar-refractivity contribution in [3.8, 4) is 0 Å². The number of benzene rings is 1. The summed E-state index contributed by atoms with van der Waals surface area (Å²) in [6.07, 6.45) is 1.66. The summed E-state index contributed by atoms with van der Waals surface area (Å²) in [5.41, 5.74) is 0.567. The van der Waals surface area contributed by atoms with Gasteiger partial charge in [-0.05, 0) is 24.3 Å². The first-order valence-electron chi connectivity index (χ1n) is 4.93. The molecule has 0 aliphatic heterocycles. The fraction of sp³-hybridized carbons (Fsp3) is 0.0909. The molecule has 1 amide bonds. The van der Waals surface area contributed by atoms with Crippen molar-refractivity contribution in [2.75, 3.05) is 17.2 Å². The van der Waals surface area contributed by atoms with Crippen LogP contribution in [0.5, 0.6) is 0 Å². The van der Waals surface area contributed by atoms with Crippen molar-refractivity contribution in [1.29, 1.82) is 0 Å². The lowest BCUT2D eigenvalue weighted by molar-refractivity contribution is -0.114. The third kappa shape index (κ3) is 3.53. The van der Waals surface area contributed by atoms with Crippen LogP contribution in [0.2, 0.25) is 0 Å². The monoisotopic (exact) mass is 251 g/mol. The largest absolute Gasteiger partial charge is 0.352 e. The van der Waals surface area contributed by atoms with Crippen LogP contribution in [0, 0.1) is 5.82 Å². The summed E-state index contributed by atoms with van der Waals surface area (Å²) < 4.78 is 12.6. The van der Waals surface area contributed by atoms with Crippen molar-refractivity contribution < 1.29 is 9.18 Å². The van der Waals surface area contributed by atoms with Gasteiger partial charge < -0.3 is 10.6 Å². The molecule has 0 saturated carbocycles. The minimum absolute atomic E-state index is 0.130. The van der Waals surface area contributed by atoms with Crippen molar-refractivity contribution in [1.82, 2.24) is 4.98 Å². The summed E-state index contributed by atoms with van der Waals surface area (Å²) in [6, 6.07) is 5.61. The zero-order valence-corrected chi connectivity index (χ0v) is 9.63. The molecule has 0 unspecified atom stereocenters. The molecule has 0 bridgehead atoms. The van der Waals surface area contributed by atoms with E-state index in [1.165, 1.54) is 35.6 Å². The fourth-order valence-corrected chi connectivity index (χ4v) is 1.73. The van der Waals surface area contributed by atoms with E-state index < -0.39 is 0 Å². The smallest absolute Gasteiger partial charge is 0.243 e. The van der Waals surface area contributed by atoms with Gasteiger partial charge in [-0.1, -0.05) is 0 Å². The van der Waals surface area contributed by atoms with Gasteiger partial charge in [0.1, 0.15) is 5.82 Å². The summed E-state index contributed by atoms with van der Waals surface area (Å²) in [4.78, 5) is 15.5. The molecule has 1 heterocycles. The van der Waals surface area contributed by atoms with E-state index in [1.54, 1.807) is 6.20 Å². The molecule has 6 heteroatoms. The summed E-state index contributed by atoms with van der Waals surface area (Å²) >= 11 is 1.42. The van der Waals surface area contributed by atoms with Gasteiger partial charge in [0.15, 0.2) is 5.13 Å². The molecule has 0 fully saturated rings. The lowest BCUT2D eigenvalue weighted by Gasteiger charge is -2.05. The van der Waals surface area contributed by atoms with Crippen LogP contribution in [0.3, 0.4) is 0 Å². The summed E-state index contributed by atoms with van der Waals surface area (Å²) in [5, 5.41) is 8.03. The molecule has 0 aliphatic carbocycles. The Bertz CT molecular complexity index is 484. The predicted molar refractivity (Wildman–Crippen MR) is 65.6 cm³/mol. The van der Waals surface area contributed by atoms with Gasteiger partial charge in [-0.3, -0.25) is 4.79 Å². The van der Waals surface area contributed by atoms with Crippen LogP contribution in [0.4, 0.5) is 15.2 Å². The first kappa shape index (κ1) is 11.5. The minimum Gasteiger partial charge on any atom is -0.352 e. The maximum atomic E-state index is 12.6. The standard InChI is InChI=1S/C11H10FN3OS/c12-8-1-3-9(4-2-8)15-10(16)7-14-11-13-5-6-17-11/h1-6H,7H2,(H,13,14)(H,15,16). The summed E-state index contributed by atoms with van der Waals surface area (Å²) in [7, 11) is 0. The number of aromatic nitrogens is 1. The van der Waals surface area contributed by atoms with Crippen LogP contribution in [0.15, 0.2) is 35.8 Å². The Morgan fingerprint density at radius 3 is 2.76 bits per heavy atom. The fourth-order valence-electron chi connectivity index (χ4n) is 1.21. The third-order valence-corrected chi connectivity index (χ3v) is 2.69. The van der Waals surface area contributed by atoms with E-state index in [0.717, 1.165) is 0 Å². The molecule has 1 aromatic carbocycles. The topological polar surface area (TPSA) is 54.0 Å². The molecular weight excluding hydrogens is 241 g/mol. The van der Waals surface area contributed by atoms with Crippen molar-refractivity contribution in [2.45, 2.75) is 0 Å². The molecule has 0 spiro atoms. The molecule has 2 aromatic rings. The van der Waals surface area contributed by atoms with Gasteiger partial charge in [-0.15, -0.1) is 11.3 Å². The zero-order valence-electron chi connectivity index (χ0n) is 8.81. The number of carbonyl (C=O) groups excluding carboxylic acids is 1. The molecule has 1 aromatic heterocycles. The van der Waals surface area contributed by atoms with Gasteiger partial charge in [0, 0.05) is 17.3 Å².